The Labute approximate surface area is 244 Å². The molecule has 0 fully saturated rings. The third-order valence-electron chi connectivity index (χ3n) is 8.38. The summed E-state index contributed by atoms with van der Waals surface area (Å²) in [7, 11) is 0. The summed E-state index contributed by atoms with van der Waals surface area (Å²) < 4.78 is 10.6. The van der Waals surface area contributed by atoms with Crippen LogP contribution in [0.5, 0.6) is 0 Å². The zero-order valence-corrected chi connectivity index (χ0v) is 22.6. The van der Waals surface area contributed by atoms with Gasteiger partial charge in [-0.15, -0.1) is 0 Å². The van der Waals surface area contributed by atoms with Crippen LogP contribution in [0.15, 0.2) is 120 Å². The number of nitrogens with zero attached hydrogens (tertiary/aromatic N) is 5. The van der Waals surface area contributed by atoms with E-state index in [1.165, 1.54) is 0 Å². The minimum atomic E-state index is 0.596. The fraction of sp³-hybridized carbons (Fsp3) is 0. The highest BCUT2D eigenvalue weighted by Gasteiger charge is 2.20. The van der Waals surface area contributed by atoms with E-state index in [0.29, 0.717) is 11.1 Å². The van der Waals surface area contributed by atoms with Crippen molar-refractivity contribution >= 4 is 65.6 Å². The lowest BCUT2D eigenvalue weighted by Crippen LogP contribution is -2.03. The maximum Gasteiger partial charge on any atom is 0.140 e. The van der Waals surface area contributed by atoms with Crippen LogP contribution in [0.3, 0.4) is 0 Å². The normalized spacial score (nSPS) is 11.7. The van der Waals surface area contributed by atoms with E-state index in [1.807, 2.05) is 78.9 Å². The molecule has 9 rings (SSSR count). The fourth-order valence-electron chi connectivity index (χ4n) is 6.59. The van der Waals surface area contributed by atoms with E-state index in [1.54, 1.807) is 6.07 Å². The van der Waals surface area contributed by atoms with E-state index in [9.17, 15) is 10.5 Å². The van der Waals surface area contributed by atoms with E-state index >= 15 is 0 Å². The van der Waals surface area contributed by atoms with E-state index in [4.69, 9.17) is 9.40 Å². The third-order valence-corrected chi connectivity index (χ3v) is 8.38. The van der Waals surface area contributed by atoms with Crippen LogP contribution in [0.1, 0.15) is 11.1 Å². The number of fused-ring (bicyclic) bond motifs is 10. The van der Waals surface area contributed by atoms with Gasteiger partial charge in [-0.2, -0.15) is 10.5 Å². The van der Waals surface area contributed by atoms with Crippen molar-refractivity contribution in [3.05, 3.63) is 126 Å². The average Bonchev–Trinajstić information content (AvgIpc) is 3.71. The molecular formula is C37H19N5O. The highest BCUT2D eigenvalue weighted by atomic mass is 16.3. The van der Waals surface area contributed by atoms with Crippen LogP contribution in [0.2, 0.25) is 0 Å². The van der Waals surface area contributed by atoms with Crippen molar-refractivity contribution in [2.75, 3.05) is 0 Å². The molecule has 4 aromatic heterocycles. The fourth-order valence-corrected chi connectivity index (χ4v) is 6.59. The average molecular weight is 550 g/mol. The molecular weight excluding hydrogens is 530 g/mol. The summed E-state index contributed by atoms with van der Waals surface area (Å²) in [6.07, 6.45) is 0. The van der Waals surface area contributed by atoms with Crippen LogP contribution in [0, 0.1) is 22.7 Å². The van der Waals surface area contributed by atoms with Gasteiger partial charge in [0.1, 0.15) is 22.8 Å². The van der Waals surface area contributed by atoms with Gasteiger partial charge in [0.15, 0.2) is 0 Å². The molecule has 0 aliphatic carbocycles. The molecule has 43 heavy (non-hydrogen) atoms. The van der Waals surface area contributed by atoms with E-state index in [2.05, 4.69) is 51.6 Å². The molecule has 4 heterocycles. The molecule has 0 unspecified atom stereocenters. The summed E-state index contributed by atoms with van der Waals surface area (Å²) in [5.41, 5.74) is 6.81. The van der Waals surface area contributed by atoms with Gasteiger partial charge in [0.25, 0.3) is 0 Å². The minimum absolute atomic E-state index is 0.596. The molecule has 0 saturated carbocycles. The van der Waals surface area contributed by atoms with Crippen LogP contribution in [-0.4, -0.2) is 14.1 Å². The van der Waals surface area contributed by atoms with E-state index in [0.717, 1.165) is 77.2 Å². The van der Waals surface area contributed by atoms with Gasteiger partial charge >= 0.3 is 0 Å². The van der Waals surface area contributed by atoms with Gasteiger partial charge in [-0.25, -0.2) is 4.98 Å². The maximum atomic E-state index is 9.60. The molecule has 0 saturated heterocycles. The monoisotopic (exact) mass is 549 g/mol. The standard InChI is InChI=1S/C37H19N5O/c38-20-22-12-14-30-26(18-22)24-6-1-3-8-28(24)41(30)34-10-5-11-35(40-34)42-29-9-4-2-7-25(29)36-31(42)15-17-33-37(36)27-19-23(21-39)13-16-32(27)43-33/h1-19H. The summed E-state index contributed by atoms with van der Waals surface area (Å²) in [5.74, 6) is 1.57. The van der Waals surface area contributed by atoms with Crippen molar-refractivity contribution in [2.24, 2.45) is 0 Å². The van der Waals surface area contributed by atoms with Crippen LogP contribution in [0.4, 0.5) is 0 Å². The Balaban J connectivity index is 1.36. The van der Waals surface area contributed by atoms with Crippen molar-refractivity contribution < 1.29 is 4.42 Å². The van der Waals surface area contributed by atoms with E-state index < -0.39 is 0 Å². The smallest absolute Gasteiger partial charge is 0.140 e. The second-order valence-corrected chi connectivity index (χ2v) is 10.7. The lowest BCUT2D eigenvalue weighted by Gasteiger charge is -2.11. The highest BCUT2D eigenvalue weighted by molar-refractivity contribution is 6.27. The van der Waals surface area contributed by atoms with Gasteiger partial charge in [-0.3, -0.25) is 9.13 Å². The molecule has 0 aliphatic heterocycles. The summed E-state index contributed by atoms with van der Waals surface area (Å²) in [5, 5.41) is 25.3. The first-order chi connectivity index (χ1) is 21.2. The first-order valence-electron chi connectivity index (χ1n) is 13.9. The summed E-state index contributed by atoms with van der Waals surface area (Å²) in [4.78, 5) is 5.25. The van der Waals surface area contributed by atoms with Crippen molar-refractivity contribution in [2.45, 2.75) is 0 Å². The van der Waals surface area contributed by atoms with Crippen LogP contribution >= 0.6 is 0 Å². The summed E-state index contributed by atoms with van der Waals surface area (Å²) >= 11 is 0. The van der Waals surface area contributed by atoms with Gasteiger partial charge in [0.05, 0.1) is 45.3 Å². The molecule has 6 nitrogen and oxygen atoms in total. The summed E-state index contributed by atoms with van der Waals surface area (Å²) in [6, 6.07) is 42.6. The Morgan fingerprint density at radius 2 is 1.07 bits per heavy atom. The second kappa shape index (κ2) is 8.57. The number of benzene rings is 5. The Kier molecular flexibility index (Phi) is 4.65. The topological polar surface area (TPSA) is 83.5 Å². The molecule has 198 valence electrons. The number of aromatic nitrogens is 3. The van der Waals surface area contributed by atoms with Crippen LogP contribution in [-0.2, 0) is 0 Å². The minimum Gasteiger partial charge on any atom is -0.456 e. The van der Waals surface area contributed by atoms with Gasteiger partial charge in [0.2, 0.25) is 0 Å². The lowest BCUT2D eigenvalue weighted by atomic mass is 10.0. The SMILES string of the molecule is N#Cc1ccc2oc3ccc4c(c5ccccc5n4-c4cccc(-n5c6ccccc6c6cc(C#N)ccc65)n4)c3c2c1. The van der Waals surface area contributed by atoms with Gasteiger partial charge in [-0.05, 0) is 72.8 Å². The summed E-state index contributed by atoms with van der Waals surface area (Å²) in [6.45, 7) is 0. The number of hydrogen-bond acceptors (Lipinski definition) is 4. The molecule has 0 bridgehead atoms. The first-order valence-corrected chi connectivity index (χ1v) is 13.9. The third kappa shape index (κ3) is 3.18. The van der Waals surface area contributed by atoms with Crippen molar-refractivity contribution in [3.63, 3.8) is 0 Å². The van der Waals surface area contributed by atoms with Crippen molar-refractivity contribution in [1.29, 1.82) is 10.5 Å². The van der Waals surface area contributed by atoms with E-state index in [-0.39, 0.29) is 0 Å². The van der Waals surface area contributed by atoms with Gasteiger partial charge in [-0.1, -0.05) is 42.5 Å². The number of para-hydroxylation sites is 2. The Morgan fingerprint density at radius 3 is 1.84 bits per heavy atom. The van der Waals surface area contributed by atoms with Crippen molar-refractivity contribution in [1.82, 2.24) is 14.1 Å². The van der Waals surface area contributed by atoms with Crippen LogP contribution < -0.4 is 0 Å². The number of nitriles is 2. The first kappa shape index (κ1) is 23.3. The molecule has 0 radical (unpaired) electrons. The Morgan fingerprint density at radius 1 is 0.488 bits per heavy atom. The molecule has 0 spiro atoms. The molecule has 0 atom stereocenters. The maximum absolute atomic E-state index is 9.60. The predicted octanol–water partition coefficient (Wildman–Crippen LogP) is 8.92. The van der Waals surface area contributed by atoms with Crippen molar-refractivity contribution in [3.8, 4) is 23.8 Å². The Hall–Kier alpha value is -6.37. The number of hydrogen-bond donors (Lipinski definition) is 0. The quantitative estimate of drug-likeness (QED) is 0.215. The molecule has 6 heteroatoms. The number of rotatable bonds is 2. The van der Waals surface area contributed by atoms with Gasteiger partial charge < -0.3 is 4.42 Å². The predicted molar refractivity (Wildman–Crippen MR) is 170 cm³/mol. The van der Waals surface area contributed by atoms with Gasteiger partial charge in [0, 0.05) is 32.3 Å². The lowest BCUT2D eigenvalue weighted by molar-refractivity contribution is 0.669. The zero-order chi connectivity index (χ0) is 28.7. The molecule has 0 amide bonds. The number of furan rings is 1. The largest absolute Gasteiger partial charge is 0.456 e. The Bertz CT molecular complexity index is 2710. The molecule has 5 aromatic carbocycles. The number of pyridine rings is 1. The second-order valence-electron chi connectivity index (χ2n) is 10.7. The van der Waals surface area contributed by atoms with Crippen LogP contribution in [0.25, 0.3) is 77.2 Å². The zero-order valence-electron chi connectivity index (χ0n) is 22.6. The molecule has 9 aromatic rings. The molecule has 0 N–H and O–H groups in total. The molecule has 0 aliphatic rings. The highest BCUT2D eigenvalue weighted by Crippen LogP contribution is 2.41.